The maximum atomic E-state index is 11.2. The van der Waals surface area contributed by atoms with E-state index in [1.165, 1.54) is 32.5 Å². The monoisotopic (exact) mass is 230 g/mol. The van der Waals surface area contributed by atoms with Crippen LogP contribution in [0, 0.1) is 0 Å². The molecule has 0 aliphatic carbocycles. The lowest BCUT2D eigenvalue weighted by Gasteiger charge is -2.24. The van der Waals surface area contributed by atoms with Crippen LogP contribution in [0.4, 0.5) is 0 Å². The number of hydrogen-bond acceptors (Lipinski definition) is 3. The highest BCUT2D eigenvalue weighted by atomic mass is 32.2. The third-order valence-electron chi connectivity index (χ3n) is 3.45. The smallest absolute Gasteiger partial charge is 0.0249 e. The summed E-state index contributed by atoms with van der Waals surface area (Å²) in [5.74, 6) is 1.81. The van der Waals surface area contributed by atoms with Crippen LogP contribution in [0.3, 0.4) is 0 Å². The minimum absolute atomic E-state index is 0.519. The lowest BCUT2D eigenvalue weighted by Crippen LogP contribution is -2.39. The van der Waals surface area contributed by atoms with Crippen molar-refractivity contribution >= 4 is 10.8 Å². The minimum atomic E-state index is -0.519. The van der Waals surface area contributed by atoms with Gasteiger partial charge in [0.15, 0.2) is 0 Å². The Morgan fingerprint density at radius 2 is 1.87 bits per heavy atom. The fourth-order valence-corrected chi connectivity index (χ4v) is 3.73. The lowest BCUT2D eigenvalue weighted by molar-refractivity contribution is 0.323. The molecule has 0 spiro atoms. The molecule has 0 saturated carbocycles. The van der Waals surface area contributed by atoms with Crippen molar-refractivity contribution in [2.45, 2.75) is 31.7 Å². The van der Waals surface area contributed by atoms with Crippen molar-refractivity contribution in [3.63, 3.8) is 0 Å². The van der Waals surface area contributed by atoms with E-state index >= 15 is 0 Å². The predicted molar refractivity (Wildman–Crippen MR) is 64.6 cm³/mol. The second-order valence-electron chi connectivity index (χ2n) is 4.63. The van der Waals surface area contributed by atoms with Crippen LogP contribution in [-0.4, -0.2) is 52.8 Å². The topological polar surface area (TPSA) is 32.3 Å². The van der Waals surface area contributed by atoms with Gasteiger partial charge in [-0.3, -0.25) is 4.21 Å². The zero-order chi connectivity index (χ0) is 10.5. The molecule has 0 unspecified atom stereocenters. The highest BCUT2D eigenvalue weighted by Crippen LogP contribution is 2.09. The summed E-state index contributed by atoms with van der Waals surface area (Å²) in [7, 11) is -0.519. The largest absolute Gasteiger partial charge is 0.313 e. The molecule has 0 aromatic carbocycles. The molecule has 0 aromatic rings. The van der Waals surface area contributed by atoms with Gasteiger partial charge < -0.3 is 10.2 Å². The van der Waals surface area contributed by atoms with Crippen LogP contribution < -0.4 is 5.32 Å². The van der Waals surface area contributed by atoms with E-state index in [1.807, 2.05) is 0 Å². The average Bonchev–Trinajstić information content (AvgIpc) is 2.74. The highest BCUT2D eigenvalue weighted by Gasteiger charge is 2.17. The van der Waals surface area contributed by atoms with Gasteiger partial charge >= 0.3 is 0 Å². The Morgan fingerprint density at radius 3 is 2.53 bits per heavy atom. The van der Waals surface area contributed by atoms with Crippen molar-refractivity contribution < 1.29 is 4.21 Å². The summed E-state index contributed by atoms with van der Waals surface area (Å²) in [6, 6.07) is 0.630. The summed E-state index contributed by atoms with van der Waals surface area (Å²) in [4.78, 5) is 2.54. The minimum Gasteiger partial charge on any atom is -0.313 e. The molecule has 0 aromatic heterocycles. The second-order valence-corrected chi connectivity index (χ2v) is 6.32. The normalized spacial score (nSPS) is 33.3. The van der Waals surface area contributed by atoms with Gasteiger partial charge in [-0.05, 0) is 38.8 Å². The zero-order valence-corrected chi connectivity index (χ0v) is 10.2. The molecule has 2 aliphatic heterocycles. The van der Waals surface area contributed by atoms with Crippen LogP contribution in [0.25, 0.3) is 0 Å². The molecule has 2 rings (SSSR count). The molecule has 88 valence electrons. The molecule has 2 fully saturated rings. The van der Waals surface area contributed by atoms with Crippen LogP contribution in [-0.2, 0) is 10.8 Å². The first-order valence-corrected chi connectivity index (χ1v) is 7.64. The lowest BCUT2D eigenvalue weighted by atomic mass is 10.1. The van der Waals surface area contributed by atoms with Crippen molar-refractivity contribution in [2.24, 2.45) is 0 Å². The van der Waals surface area contributed by atoms with Crippen LogP contribution in [0.2, 0.25) is 0 Å². The van der Waals surface area contributed by atoms with Gasteiger partial charge in [0.2, 0.25) is 0 Å². The molecular weight excluding hydrogens is 208 g/mol. The highest BCUT2D eigenvalue weighted by molar-refractivity contribution is 7.85. The molecule has 4 heteroatoms. The van der Waals surface area contributed by atoms with Crippen molar-refractivity contribution in [3.05, 3.63) is 0 Å². The molecule has 2 saturated heterocycles. The van der Waals surface area contributed by atoms with Gasteiger partial charge in [-0.1, -0.05) is 0 Å². The summed E-state index contributed by atoms with van der Waals surface area (Å²) in [5.41, 5.74) is 0. The third-order valence-corrected chi connectivity index (χ3v) is 4.83. The first-order valence-electron chi connectivity index (χ1n) is 6.15. The Morgan fingerprint density at radius 1 is 1.20 bits per heavy atom. The number of likely N-dealkylation sites (tertiary alicyclic amines) is 1. The van der Waals surface area contributed by atoms with E-state index < -0.39 is 10.8 Å². The van der Waals surface area contributed by atoms with E-state index in [-0.39, 0.29) is 0 Å². The van der Waals surface area contributed by atoms with Gasteiger partial charge in [0.25, 0.3) is 0 Å². The molecule has 0 atom stereocenters. The van der Waals surface area contributed by atoms with Crippen molar-refractivity contribution in [2.75, 3.05) is 37.7 Å². The van der Waals surface area contributed by atoms with Gasteiger partial charge in [-0.2, -0.15) is 0 Å². The number of nitrogens with one attached hydrogen (secondary N) is 1. The van der Waals surface area contributed by atoms with Gasteiger partial charge in [0.1, 0.15) is 0 Å². The Balaban J connectivity index is 1.55. The first kappa shape index (κ1) is 11.6. The van der Waals surface area contributed by atoms with E-state index in [0.29, 0.717) is 6.04 Å². The van der Waals surface area contributed by atoms with Crippen molar-refractivity contribution in [1.29, 1.82) is 0 Å². The van der Waals surface area contributed by atoms with Gasteiger partial charge in [0.05, 0.1) is 0 Å². The fraction of sp³-hybridized carbons (Fsp3) is 1.00. The van der Waals surface area contributed by atoms with E-state index in [0.717, 1.165) is 30.9 Å². The van der Waals surface area contributed by atoms with E-state index in [2.05, 4.69) is 10.2 Å². The molecule has 1 N–H and O–H groups in total. The Hall–Kier alpha value is 0.0700. The van der Waals surface area contributed by atoms with Gasteiger partial charge in [-0.15, -0.1) is 0 Å². The van der Waals surface area contributed by atoms with E-state index in [4.69, 9.17) is 0 Å². The summed E-state index contributed by atoms with van der Waals surface area (Å²) in [6.45, 7) is 4.88. The third kappa shape index (κ3) is 3.85. The zero-order valence-electron chi connectivity index (χ0n) is 9.41. The number of hydrogen-bond donors (Lipinski definition) is 1. The number of rotatable bonds is 4. The van der Waals surface area contributed by atoms with Crippen LogP contribution in [0.5, 0.6) is 0 Å². The predicted octanol–water partition coefficient (Wildman–Crippen LogP) is 0.583. The average molecular weight is 230 g/mol. The molecule has 3 nitrogen and oxygen atoms in total. The SMILES string of the molecule is O=S1CCC(NCCN2CCCC2)CC1. The molecule has 0 bridgehead atoms. The van der Waals surface area contributed by atoms with E-state index in [9.17, 15) is 4.21 Å². The van der Waals surface area contributed by atoms with Crippen LogP contribution in [0.1, 0.15) is 25.7 Å². The molecule has 0 radical (unpaired) electrons. The summed E-state index contributed by atoms with van der Waals surface area (Å²) >= 11 is 0. The standard InChI is InChI=1S/C11H22N2OS/c14-15-9-3-11(4-10-15)12-5-8-13-6-1-2-7-13/h11-12H,1-10H2. The second kappa shape index (κ2) is 5.97. The van der Waals surface area contributed by atoms with Gasteiger partial charge in [-0.25, -0.2) is 0 Å². The fourth-order valence-electron chi connectivity index (χ4n) is 2.43. The molecule has 2 aliphatic rings. The first-order chi connectivity index (χ1) is 7.34. The maximum absolute atomic E-state index is 11.2. The van der Waals surface area contributed by atoms with Crippen LogP contribution >= 0.6 is 0 Å². The summed E-state index contributed by atoms with van der Waals surface area (Å²) in [5, 5.41) is 3.59. The molecule has 2 heterocycles. The van der Waals surface area contributed by atoms with Gasteiger partial charge in [0, 0.05) is 41.4 Å². The quantitative estimate of drug-likeness (QED) is 0.767. The van der Waals surface area contributed by atoms with Crippen LogP contribution in [0.15, 0.2) is 0 Å². The summed E-state index contributed by atoms with van der Waals surface area (Å²) in [6.07, 6.45) is 4.96. The maximum Gasteiger partial charge on any atom is 0.0249 e. The van der Waals surface area contributed by atoms with Crippen molar-refractivity contribution in [1.82, 2.24) is 10.2 Å². The Kier molecular flexibility index (Phi) is 4.60. The summed E-state index contributed by atoms with van der Waals surface area (Å²) < 4.78 is 11.2. The molecular formula is C11H22N2OS. The number of nitrogens with zero attached hydrogens (tertiary/aromatic N) is 1. The van der Waals surface area contributed by atoms with Crippen molar-refractivity contribution in [3.8, 4) is 0 Å². The molecule has 15 heavy (non-hydrogen) atoms. The van der Waals surface area contributed by atoms with E-state index in [1.54, 1.807) is 0 Å². The molecule has 0 amide bonds. The Bertz CT molecular complexity index is 207. The Labute approximate surface area is 95.1 Å².